The maximum absolute atomic E-state index is 14.0. The summed E-state index contributed by atoms with van der Waals surface area (Å²) in [6.45, 7) is 9.12. The summed E-state index contributed by atoms with van der Waals surface area (Å²) in [6, 6.07) is 3.16. The third-order valence-corrected chi connectivity index (χ3v) is 3.82. The molecule has 2 N–H and O–H groups in total. The number of aromatic nitrogens is 3. The molecule has 2 rings (SSSR count). The molecule has 0 fully saturated rings. The molecule has 0 bridgehead atoms. The number of benzene rings is 1. The maximum atomic E-state index is 14.0. The van der Waals surface area contributed by atoms with Gasteiger partial charge in [-0.3, -0.25) is 4.99 Å². The van der Waals surface area contributed by atoms with E-state index in [1.807, 2.05) is 11.5 Å². The van der Waals surface area contributed by atoms with Crippen molar-refractivity contribution in [2.24, 2.45) is 4.99 Å². The van der Waals surface area contributed by atoms with Crippen molar-refractivity contribution in [2.45, 2.75) is 32.9 Å². The fraction of sp³-hybridized carbons (Fsp3) is 0.389. The number of aliphatic imine (C=N–C) groups is 1. The van der Waals surface area contributed by atoms with Crippen LogP contribution in [-0.2, 0) is 13.0 Å². The first-order valence-electron chi connectivity index (χ1n) is 8.52. The van der Waals surface area contributed by atoms with E-state index < -0.39 is 11.6 Å². The molecule has 8 heteroatoms. The van der Waals surface area contributed by atoms with Crippen molar-refractivity contribution >= 4 is 5.96 Å². The molecular weight excluding hydrogens is 338 g/mol. The topological polar surface area (TPSA) is 67.1 Å². The van der Waals surface area contributed by atoms with Gasteiger partial charge in [0.1, 0.15) is 23.8 Å². The summed E-state index contributed by atoms with van der Waals surface area (Å²) in [6.07, 6.45) is 4.18. The van der Waals surface area contributed by atoms with Crippen molar-refractivity contribution in [3.63, 3.8) is 0 Å². The highest BCUT2D eigenvalue weighted by Gasteiger charge is 2.13. The molecule has 26 heavy (non-hydrogen) atoms. The van der Waals surface area contributed by atoms with E-state index in [2.05, 4.69) is 32.4 Å². The lowest BCUT2D eigenvalue weighted by Gasteiger charge is -2.19. The summed E-state index contributed by atoms with van der Waals surface area (Å²) in [5.74, 6) is 0.228. The molecule has 0 radical (unpaired) electrons. The Morgan fingerprint density at radius 3 is 2.92 bits per heavy atom. The molecular formula is C18H24F2N6. The predicted octanol–water partition coefficient (Wildman–Crippen LogP) is 2.60. The number of guanidine groups is 1. The summed E-state index contributed by atoms with van der Waals surface area (Å²) < 4.78 is 29.0. The fourth-order valence-corrected chi connectivity index (χ4v) is 2.47. The van der Waals surface area contributed by atoms with Crippen LogP contribution in [0.25, 0.3) is 0 Å². The van der Waals surface area contributed by atoms with Crippen molar-refractivity contribution in [1.29, 1.82) is 0 Å². The summed E-state index contributed by atoms with van der Waals surface area (Å²) in [7, 11) is 0. The number of halogens is 2. The van der Waals surface area contributed by atoms with Gasteiger partial charge in [0.15, 0.2) is 5.96 Å². The highest BCUT2D eigenvalue weighted by Crippen LogP contribution is 2.17. The van der Waals surface area contributed by atoms with Gasteiger partial charge in [-0.25, -0.2) is 8.78 Å². The van der Waals surface area contributed by atoms with Crippen LogP contribution in [0.1, 0.15) is 31.3 Å². The minimum absolute atomic E-state index is 0.367. The molecule has 0 saturated carbocycles. The van der Waals surface area contributed by atoms with Gasteiger partial charge in [0.05, 0.1) is 12.6 Å². The quantitative estimate of drug-likeness (QED) is 0.430. The average molecular weight is 362 g/mol. The molecule has 1 aromatic heterocycles. The van der Waals surface area contributed by atoms with Gasteiger partial charge in [-0.1, -0.05) is 19.1 Å². The van der Waals surface area contributed by atoms with Crippen LogP contribution in [0, 0.1) is 11.6 Å². The van der Waals surface area contributed by atoms with Gasteiger partial charge in [0, 0.05) is 31.1 Å². The minimum Gasteiger partial charge on any atom is -0.353 e. The highest BCUT2D eigenvalue weighted by atomic mass is 19.1. The average Bonchev–Trinajstić information content (AvgIpc) is 3.06. The monoisotopic (exact) mass is 362 g/mol. The van der Waals surface area contributed by atoms with Crippen molar-refractivity contribution in [3.05, 3.63) is 60.2 Å². The number of hydrogen-bond acceptors (Lipinski definition) is 3. The molecule has 0 aliphatic carbocycles. The Labute approximate surface area is 152 Å². The molecule has 140 valence electrons. The first-order valence-corrected chi connectivity index (χ1v) is 8.52. The normalized spacial score (nSPS) is 12.7. The zero-order valence-electron chi connectivity index (χ0n) is 15.0. The SMILES string of the molecule is C=CCNC(=NCCn1cnnc1CC)NC(C)c1ccc(F)cc1F. The van der Waals surface area contributed by atoms with E-state index in [0.29, 0.717) is 31.2 Å². The van der Waals surface area contributed by atoms with Crippen LogP contribution < -0.4 is 10.6 Å². The highest BCUT2D eigenvalue weighted by molar-refractivity contribution is 5.80. The van der Waals surface area contributed by atoms with Crippen molar-refractivity contribution < 1.29 is 8.78 Å². The van der Waals surface area contributed by atoms with Crippen LogP contribution in [0.15, 0.2) is 42.2 Å². The molecule has 2 aromatic rings. The maximum Gasteiger partial charge on any atom is 0.192 e. The van der Waals surface area contributed by atoms with Crippen LogP contribution in [0.5, 0.6) is 0 Å². The molecule has 0 aliphatic rings. The Morgan fingerprint density at radius 2 is 2.23 bits per heavy atom. The first-order chi connectivity index (χ1) is 12.5. The molecule has 0 saturated heterocycles. The number of nitrogens with one attached hydrogen (secondary N) is 2. The summed E-state index contributed by atoms with van der Waals surface area (Å²) in [5.41, 5.74) is 0.367. The van der Waals surface area contributed by atoms with E-state index in [-0.39, 0.29) is 6.04 Å². The van der Waals surface area contributed by atoms with Crippen molar-refractivity contribution in [3.8, 4) is 0 Å². The Morgan fingerprint density at radius 1 is 1.42 bits per heavy atom. The first kappa shape index (κ1) is 19.6. The van der Waals surface area contributed by atoms with Crippen LogP contribution in [0.4, 0.5) is 8.78 Å². The second kappa shape index (κ2) is 9.65. The second-order valence-electron chi connectivity index (χ2n) is 5.73. The van der Waals surface area contributed by atoms with Gasteiger partial charge >= 0.3 is 0 Å². The number of aryl methyl sites for hydroxylation is 1. The Balaban J connectivity index is 2.04. The molecule has 0 aliphatic heterocycles. The Kier molecular flexibility index (Phi) is 7.25. The Bertz CT molecular complexity index is 756. The van der Waals surface area contributed by atoms with Crippen LogP contribution >= 0.6 is 0 Å². The van der Waals surface area contributed by atoms with E-state index in [9.17, 15) is 8.78 Å². The van der Waals surface area contributed by atoms with Gasteiger partial charge in [0.2, 0.25) is 0 Å². The van der Waals surface area contributed by atoms with Crippen LogP contribution in [-0.4, -0.2) is 33.8 Å². The van der Waals surface area contributed by atoms with E-state index in [4.69, 9.17) is 0 Å². The van der Waals surface area contributed by atoms with Gasteiger partial charge in [-0.15, -0.1) is 16.8 Å². The minimum atomic E-state index is -0.599. The Hall–Kier alpha value is -2.77. The third kappa shape index (κ3) is 5.37. The number of nitrogens with zero attached hydrogens (tertiary/aromatic N) is 4. The van der Waals surface area contributed by atoms with Gasteiger partial charge in [-0.2, -0.15) is 0 Å². The van der Waals surface area contributed by atoms with Crippen molar-refractivity contribution in [2.75, 3.05) is 13.1 Å². The van der Waals surface area contributed by atoms with E-state index >= 15 is 0 Å². The van der Waals surface area contributed by atoms with E-state index in [0.717, 1.165) is 18.3 Å². The van der Waals surface area contributed by atoms with E-state index in [1.165, 1.54) is 12.1 Å². The summed E-state index contributed by atoms with van der Waals surface area (Å²) in [4.78, 5) is 4.50. The summed E-state index contributed by atoms with van der Waals surface area (Å²) >= 11 is 0. The molecule has 1 atom stereocenters. The van der Waals surface area contributed by atoms with E-state index in [1.54, 1.807) is 19.3 Å². The molecule has 0 spiro atoms. The smallest absolute Gasteiger partial charge is 0.192 e. The van der Waals surface area contributed by atoms with Crippen molar-refractivity contribution in [1.82, 2.24) is 25.4 Å². The number of rotatable bonds is 8. The molecule has 6 nitrogen and oxygen atoms in total. The molecule has 1 heterocycles. The zero-order chi connectivity index (χ0) is 18.9. The lowest BCUT2D eigenvalue weighted by Crippen LogP contribution is -2.39. The van der Waals surface area contributed by atoms with Crippen LogP contribution in [0.2, 0.25) is 0 Å². The largest absolute Gasteiger partial charge is 0.353 e. The van der Waals surface area contributed by atoms with Gasteiger partial charge in [0.25, 0.3) is 0 Å². The standard InChI is InChI=1S/C18H24F2N6/c1-4-8-21-18(22-9-10-26-12-23-25-17(26)5-2)24-13(3)15-7-6-14(19)11-16(15)20/h4,6-7,11-13H,1,5,8-10H2,2-3H3,(H2,21,22,24). The van der Waals surface area contributed by atoms with Gasteiger partial charge in [-0.05, 0) is 13.0 Å². The second-order valence-corrected chi connectivity index (χ2v) is 5.73. The van der Waals surface area contributed by atoms with Gasteiger partial charge < -0.3 is 15.2 Å². The van der Waals surface area contributed by atoms with Crippen LogP contribution in [0.3, 0.4) is 0 Å². The third-order valence-electron chi connectivity index (χ3n) is 3.82. The fourth-order valence-electron chi connectivity index (χ4n) is 2.47. The lowest BCUT2D eigenvalue weighted by molar-refractivity contribution is 0.550. The molecule has 0 amide bonds. The predicted molar refractivity (Wildman–Crippen MR) is 97.8 cm³/mol. The number of hydrogen-bond donors (Lipinski definition) is 2. The molecule has 1 aromatic carbocycles. The zero-order valence-corrected chi connectivity index (χ0v) is 15.0. The lowest BCUT2D eigenvalue weighted by atomic mass is 10.1. The molecule has 1 unspecified atom stereocenters. The summed E-state index contributed by atoms with van der Waals surface area (Å²) in [5, 5.41) is 14.1.